The van der Waals surface area contributed by atoms with Gasteiger partial charge in [0.05, 0.1) is 11.5 Å². The van der Waals surface area contributed by atoms with Crippen molar-refractivity contribution in [1.82, 2.24) is 4.98 Å². The smallest absolute Gasteiger partial charge is 0.124 e. The van der Waals surface area contributed by atoms with Crippen molar-refractivity contribution >= 4 is 11.3 Å². The highest BCUT2D eigenvalue weighted by Crippen LogP contribution is 2.47. The van der Waals surface area contributed by atoms with Gasteiger partial charge in [0.1, 0.15) is 11.1 Å². The number of hydrogen-bond donors (Lipinski definition) is 1. The van der Waals surface area contributed by atoms with Crippen molar-refractivity contribution in [2.24, 2.45) is 5.41 Å². The normalized spacial score (nSPS) is 21.1. The fourth-order valence-corrected chi connectivity index (χ4v) is 3.08. The molecule has 3 nitrogen and oxygen atoms in total. The first-order valence-corrected chi connectivity index (χ1v) is 6.07. The molecule has 1 aromatic heterocycles. The molecule has 2 rings (SSSR count). The predicted octanol–water partition coefficient (Wildman–Crippen LogP) is 2.57. The highest BCUT2D eigenvalue weighted by molar-refractivity contribution is 7.09. The average molecular weight is 222 g/mol. The number of hydrogen-bond acceptors (Lipinski definition) is 4. The Balaban J connectivity index is 2.26. The summed E-state index contributed by atoms with van der Waals surface area (Å²) in [4.78, 5) is 4.27. The van der Waals surface area contributed by atoms with Crippen LogP contribution in [-0.4, -0.2) is 10.1 Å². The minimum atomic E-state index is -0.705. The van der Waals surface area contributed by atoms with Crippen LogP contribution in [-0.2, 0) is 0 Å². The first-order valence-electron chi connectivity index (χ1n) is 5.19. The zero-order valence-corrected chi connectivity index (χ0v) is 9.55. The van der Waals surface area contributed by atoms with E-state index in [1.165, 1.54) is 11.3 Å². The SMILES string of the molecule is Cc1csc(C(O)C2(C#N)CCCC2)n1. The van der Waals surface area contributed by atoms with E-state index < -0.39 is 11.5 Å². The van der Waals surface area contributed by atoms with Crippen LogP contribution in [0.2, 0.25) is 0 Å². The summed E-state index contributed by atoms with van der Waals surface area (Å²) in [5, 5.41) is 22.0. The first-order chi connectivity index (χ1) is 7.18. The molecule has 1 aliphatic carbocycles. The summed E-state index contributed by atoms with van der Waals surface area (Å²) >= 11 is 1.45. The van der Waals surface area contributed by atoms with E-state index in [0.29, 0.717) is 5.01 Å². The third-order valence-electron chi connectivity index (χ3n) is 3.11. The number of aliphatic hydroxyl groups is 1. The number of thiazole rings is 1. The Bertz CT molecular complexity index is 388. The molecular formula is C11H14N2OS. The van der Waals surface area contributed by atoms with E-state index in [2.05, 4.69) is 11.1 Å². The Hall–Kier alpha value is -0.920. The van der Waals surface area contributed by atoms with Crippen LogP contribution in [0.15, 0.2) is 5.38 Å². The first kappa shape index (κ1) is 10.6. The van der Waals surface area contributed by atoms with Crippen LogP contribution in [0.4, 0.5) is 0 Å². The quantitative estimate of drug-likeness (QED) is 0.836. The molecule has 0 amide bonds. The van der Waals surface area contributed by atoms with Crippen LogP contribution < -0.4 is 0 Å². The Kier molecular flexibility index (Phi) is 2.76. The van der Waals surface area contributed by atoms with E-state index in [1.807, 2.05) is 12.3 Å². The third-order valence-corrected chi connectivity index (χ3v) is 4.13. The van der Waals surface area contributed by atoms with E-state index in [0.717, 1.165) is 31.4 Å². The van der Waals surface area contributed by atoms with Gasteiger partial charge in [0.2, 0.25) is 0 Å². The molecule has 1 unspecified atom stereocenters. The van der Waals surface area contributed by atoms with E-state index >= 15 is 0 Å². The second-order valence-electron chi connectivity index (χ2n) is 4.20. The molecular weight excluding hydrogens is 208 g/mol. The molecule has 0 radical (unpaired) electrons. The molecule has 0 aliphatic heterocycles. The predicted molar refractivity (Wildman–Crippen MR) is 58.3 cm³/mol. The molecule has 0 bridgehead atoms. The minimum Gasteiger partial charge on any atom is -0.384 e. The van der Waals surface area contributed by atoms with Gasteiger partial charge < -0.3 is 5.11 Å². The zero-order valence-electron chi connectivity index (χ0n) is 8.73. The largest absolute Gasteiger partial charge is 0.384 e. The molecule has 1 saturated carbocycles. The fraction of sp³-hybridized carbons (Fsp3) is 0.636. The average Bonchev–Trinajstić information content (AvgIpc) is 2.86. The molecule has 0 spiro atoms. The van der Waals surface area contributed by atoms with Gasteiger partial charge in [-0.05, 0) is 19.8 Å². The number of nitrogens with zero attached hydrogens (tertiary/aromatic N) is 2. The maximum absolute atomic E-state index is 10.2. The van der Waals surface area contributed by atoms with Crippen LogP contribution in [0.5, 0.6) is 0 Å². The van der Waals surface area contributed by atoms with Crippen molar-refractivity contribution in [1.29, 1.82) is 5.26 Å². The minimum absolute atomic E-state index is 0.579. The molecule has 80 valence electrons. The summed E-state index contributed by atoms with van der Waals surface area (Å²) < 4.78 is 0. The van der Waals surface area contributed by atoms with E-state index in [4.69, 9.17) is 0 Å². The second-order valence-corrected chi connectivity index (χ2v) is 5.09. The van der Waals surface area contributed by atoms with Crippen molar-refractivity contribution < 1.29 is 5.11 Å². The highest BCUT2D eigenvalue weighted by Gasteiger charge is 2.43. The lowest BCUT2D eigenvalue weighted by Gasteiger charge is -2.24. The Morgan fingerprint density at radius 3 is 2.73 bits per heavy atom. The van der Waals surface area contributed by atoms with Gasteiger partial charge in [-0.15, -0.1) is 11.3 Å². The summed E-state index contributed by atoms with van der Waals surface area (Å²) in [5.41, 5.74) is 0.338. The molecule has 15 heavy (non-hydrogen) atoms. The van der Waals surface area contributed by atoms with Crippen molar-refractivity contribution in [3.63, 3.8) is 0 Å². The summed E-state index contributed by atoms with van der Waals surface area (Å²) in [6.45, 7) is 1.90. The van der Waals surface area contributed by atoms with Gasteiger partial charge in [0.25, 0.3) is 0 Å². The summed E-state index contributed by atoms with van der Waals surface area (Å²) in [6, 6.07) is 2.30. The monoisotopic (exact) mass is 222 g/mol. The highest BCUT2D eigenvalue weighted by atomic mass is 32.1. The fourth-order valence-electron chi connectivity index (χ4n) is 2.19. The number of aryl methyl sites for hydroxylation is 1. The Morgan fingerprint density at radius 1 is 1.60 bits per heavy atom. The summed E-state index contributed by atoms with van der Waals surface area (Å²) in [5.74, 6) is 0. The third kappa shape index (κ3) is 1.77. The molecule has 1 fully saturated rings. The maximum atomic E-state index is 10.2. The molecule has 1 N–H and O–H groups in total. The van der Waals surface area contributed by atoms with Crippen molar-refractivity contribution in [2.45, 2.75) is 38.7 Å². The van der Waals surface area contributed by atoms with Crippen LogP contribution in [0.25, 0.3) is 0 Å². The molecule has 4 heteroatoms. The standard InChI is InChI=1S/C11H14N2OS/c1-8-6-15-10(13-8)9(14)11(7-12)4-2-3-5-11/h6,9,14H,2-5H2,1H3. The van der Waals surface area contributed by atoms with E-state index in [9.17, 15) is 10.4 Å². The molecule has 1 aliphatic rings. The summed E-state index contributed by atoms with van der Waals surface area (Å²) in [6.07, 6.45) is 2.96. The van der Waals surface area contributed by atoms with Crippen molar-refractivity contribution in [3.8, 4) is 6.07 Å². The van der Waals surface area contributed by atoms with Crippen LogP contribution in [0.1, 0.15) is 42.5 Å². The number of aliphatic hydroxyl groups excluding tert-OH is 1. The summed E-state index contributed by atoms with van der Waals surface area (Å²) in [7, 11) is 0. The number of nitriles is 1. The maximum Gasteiger partial charge on any atom is 0.124 e. The van der Waals surface area contributed by atoms with Gasteiger partial charge in [0.15, 0.2) is 0 Å². The van der Waals surface area contributed by atoms with Crippen molar-refractivity contribution in [2.75, 3.05) is 0 Å². The second kappa shape index (κ2) is 3.92. The number of aromatic nitrogens is 1. The Labute approximate surface area is 93.4 Å². The molecule has 1 atom stereocenters. The molecule has 1 heterocycles. The lowest BCUT2D eigenvalue weighted by atomic mass is 9.82. The van der Waals surface area contributed by atoms with Crippen LogP contribution >= 0.6 is 11.3 Å². The topological polar surface area (TPSA) is 56.9 Å². The lowest BCUT2D eigenvalue weighted by molar-refractivity contribution is 0.0668. The molecule has 0 aromatic carbocycles. The Morgan fingerprint density at radius 2 is 2.27 bits per heavy atom. The molecule has 0 saturated heterocycles. The van der Waals surface area contributed by atoms with E-state index in [-0.39, 0.29) is 0 Å². The zero-order chi connectivity index (χ0) is 10.9. The van der Waals surface area contributed by atoms with E-state index in [1.54, 1.807) is 0 Å². The van der Waals surface area contributed by atoms with Gasteiger partial charge >= 0.3 is 0 Å². The lowest BCUT2D eigenvalue weighted by Crippen LogP contribution is -2.23. The van der Waals surface area contributed by atoms with Crippen LogP contribution in [0, 0.1) is 23.7 Å². The molecule has 1 aromatic rings. The van der Waals surface area contributed by atoms with Gasteiger partial charge in [-0.25, -0.2) is 4.98 Å². The number of rotatable bonds is 2. The van der Waals surface area contributed by atoms with Gasteiger partial charge in [0, 0.05) is 11.1 Å². The van der Waals surface area contributed by atoms with Gasteiger partial charge in [-0.3, -0.25) is 0 Å². The van der Waals surface area contributed by atoms with Crippen molar-refractivity contribution in [3.05, 3.63) is 16.1 Å². The van der Waals surface area contributed by atoms with Gasteiger partial charge in [-0.1, -0.05) is 12.8 Å². The van der Waals surface area contributed by atoms with Crippen LogP contribution in [0.3, 0.4) is 0 Å². The van der Waals surface area contributed by atoms with Gasteiger partial charge in [-0.2, -0.15) is 5.26 Å².